The Kier molecular flexibility index (Phi) is 4.95. The summed E-state index contributed by atoms with van der Waals surface area (Å²) in [6, 6.07) is 8.94. The van der Waals surface area contributed by atoms with Gasteiger partial charge in [0, 0.05) is 23.7 Å². The molecule has 2 atom stereocenters. The molecule has 0 radical (unpaired) electrons. The minimum absolute atomic E-state index is 0.285. The van der Waals surface area contributed by atoms with Crippen molar-refractivity contribution in [1.29, 1.82) is 0 Å². The summed E-state index contributed by atoms with van der Waals surface area (Å²) in [4.78, 5) is 30.4. The van der Waals surface area contributed by atoms with Gasteiger partial charge in [0.25, 0.3) is 5.91 Å². The molecule has 1 amide bonds. The molecule has 0 spiro atoms. The number of benzene rings is 1. The predicted octanol–water partition coefficient (Wildman–Crippen LogP) is 3.32. The van der Waals surface area contributed by atoms with Crippen molar-refractivity contribution in [2.75, 3.05) is 6.54 Å². The van der Waals surface area contributed by atoms with Gasteiger partial charge in [0.15, 0.2) is 0 Å². The molecule has 2 unspecified atom stereocenters. The van der Waals surface area contributed by atoms with Gasteiger partial charge in [-0.05, 0) is 30.9 Å². The number of carboxylic acids is 1. The van der Waals surface area contributed by atoms with E-state index in [1.807, 2.05) is 43.5 Å². The standard InChI is InChI=1S/C20H20N4O3S/c1-13-7-8-23(17(9-13)20(26)27)19(25)16-12-28-18(22-16)14-10-21-24(11-14)15-5-3-2-4-6-15/h2-6,10-13,17H,7-9H2,1H3,(H,26,27). The van der Waals surface area contributed by atoms with E-state index in [1.54, 1.807) is 16.3 Å². The zero-order valence-electron chi connectivity index (χ0n) is 15.4. The number of thiazole rings is 1. The van der Waals surface area contributed by atoms with Crippen molar-refractivity contribution in [3.05, 3.63) is 53.8 Å². The number of aromatic nitrogens is 3. The third kappa shape index (κ3) is 3.55. The van der Waals surface area contributed by atoms with Crippen LogP contribution in [0.4, 0.5) is 0 Å². The van der Waals surface area contributed by atoms with Crippen LogP contribution in [0, 0.1) is 5.92 Å². The first-order chi connectivity index (χ1) is 13.5. The number of carbonyl (C=O) groups is 2. The number of nitrogens with zero attached hydrogens (tertiary/aromatic N) is 4. The van der Waals surface area contributed by atoms with E-state index in [-0.39, 0.29) is 11.6 Å². The first-order valence-corrected chi connectivity index (χ1v) is 10.0. The summed E-state index contributed by atoms with van der Waals surface area (Å²) in [6.07, 6.45) is 4.85. The number of para-hydroxylation sites is 1. The molecule has 7 nitrogen and oxygen atoms in total. The van der Waals surface area contributed by atoms with E-state index < -0.39 is 12.0 Å². The van der Waals surface area contributed by atoms with E-state index in [4.69, 9.17) is 0 Å². The second-order valence-electron chi connectivity index (χ2n) is 7.03. The van der Waals surface area contributed by atoms with Crippen molar-refractivity contribution in [2.45, 2.75) is 25.8 Å². The highest BCUT2D eigenvalue weighted by Gasteiger charge is 2.36. The number of aliphatic carboxylic acids is 1. The van der Waals surface area contributed by atoms with Gasteiger partial charge < -0.3 is 10.0 Å². The van der Waals surface area contributed by atoms with Crippen LogP contribution < -0.4 is 0 Å². The lowest BCUT2D eigenvalue weighted by molar-refractivity contribution is -0.144. The van der Waals surface area contributed by atoms with Gasteiger partial charge in [-0.2, -0.15) is 5.10 Å². The van der Waals surface area contributed by atoms with Crippen molar-refractivity contribution < 1.29 is 14.7 Å². The summed E-state index contributed by atoms with van der Waals surface area (Å²) in [7, 11) is 0. The topological polar surface area (TPSA) is 88.3 Å². The molecule has 1 N–H and O–H groups in total. The van der Waals surface area contributed by atoms with E-state index in [1.165, 1.54) is 16.2 Å². The predicted molar refractivity (Wildman–Crippen MR) is 106 cm³/mol. The monoisotopic (exact) mass is 396 g/mol. The third-order valence-electron chi connectivity index (χ3n) is 4.98. The normalized spacial score (nSPS) is 19.5. The Bertz CT molecular complexity index is 998. The average Bonchev–Trinajstić information content (AvgIpc) is 3.37. The Hall–Kier alpha value is -3.00. The van der Waals surface area contributed by atoms with E-state index in [2.05, 4.69) is 10.1 Å². The SMILES string of the molecule is CC1CCN(C(=O)c2csc(-c3cnn(-c4ccccc4)c3)n2)C(C(=O)O)C1. The van der Waals surface area contributed by atoms with Crippen LogP contribution in [-0.4, -0.2) is 49.2 Å². The number of likely N-dealkylation sites (tertiary alicyclic amines) is 1. The molecule has 2 aromatic heterocycles. The number of rotatable bonds is 4. The molecule has 1 aliphatic rings. The fourth-order valence-electron chi connectivity index (χ4n) is 3.43. The van der Waals surface area contributed by atoms with Crippen LogP contribution in [-0.2, 0) is 4.79 Å². The Morgan fingerprint density at radius 3 is 2.79 bits per heavy atom. The van der Waals surface area contributed by atoms with Gasteiger partial charge in [0.05, 0.1) is 11.9 Å². The number of amides is 1. The first-order valence-electron chi connectivity index (χ1n) is 9.12. The van der Waals surface area contributed by atoms with Gasteiger partial charge in [0.1, 0.15) is 16.7 Å². The van der Waals surface area contributed by atoms with Gasteiger partial charge in [-0.3, -0.25) is 4.79 Å². The van der Waals surface area contributed by atoms with E-state index in [0.29, 0.717) is 23.9 Å². The smallest absolute Gasteiger partial charge is 0.326 e. The quantitative estimate of drug-likeness (QED) is 0.731. The summed E-state index contributed by atoms with van der Waals surface area (Å²) >= 11 is 1.35. The summed E-state index contributed by atoms with van der Waals surface area (Å²) in [5.41, 5.74) is 2.04. The summed E-state index contributed by atoms with van der Waals surface area (Å²) < 4.78 is 1.75. The third-order valence-corrected chi connectivity index (χ3v) is 5.88. The maximum absolute atomic E-state index is 12.9. The Labute approximate surface area is 166 Å². The highest BCUT2D eigenvalue weighted by Crippen LogP contribution is 2.28. The lowest BCUT2D eigenvalue weighted by Crippen LogP contribution is -2.49. The van der Waals surface area contributed by atoms with Crippen LogP contribution in [0.15, 0.2) is 48.1 Å². The minimum atomic E-state index is -0.959. The van der Waals surface area contributed by atoms with Crippen molar-refractivity contribution in [1.82, 2.24) is 19.7 Å². The highest BCUT2D eigenvalue weighted by molar-refractivity contribution is 7.13. The molecule has 144 valence electrons. The molecule has 3 aromatic rings. The molecule has 28 heavy (non-hydrogen) atoms. The van der Waals surface area contributed by atoms with Gasteiger partial charge in [-0.25, -0.2) is 14.5 Å². The van der Waals surface area contributed by atoms with Gasteiger partial charge in [-0.15, -0.1) is 11.3 Å². The van der Waals surface area contributed by atoms with E-state index in [0.717, 1.165) is 17.7 Å². The summed E-state index contributed by atoms with van der Waals surface area (Å²) in [6.45, 7) is 2.46. The highest BCUT2D eigenvalue weighted by atomic mass is 32.1. The van der Waals surface area contributed by atoms with Crippen LogP contribution >= 0.6 is 11.3 Å². The van der Waals surface area contributed by atoms with Gasteiger partial charge >= 0.3 is 5.97 Å². The first kappa shape index (κ1) is 18.4. The van der Waals surface area contributed by atoms with Gasteiger partial charge in [-0.1, -0.05) is 25.1 Å². The molecular formula is C20H20N4O3S. The molecular weight excluding hydrogens is 376 g/mol. The maximum atomic E-state index is 12.9. The molecule has 8 heteroatoms. The van der Waals surface area contributed by atoms with Crippen LogP contribution in [0.25, 0.3) is 16.3 Å². The van der Waals surface area contributed by atoms with Crippen molar-refractivity contribution >= 4 is 23.2 Å². The van der Waals surface area contributed by atoms with E-state index in [9.17, 15) is 14.7 Å². The fourth-order valence-corrected chi connectivity index (χ4v) is 4.19. The molecule has 0 saturated carbocycles. The molecule has 1 saturated heterocycles. The summed E-state index contributed by atoms with van der Waals surface area (Å²) in [5.74, 6) is -0.989. The number of carboxylic acid groups (broad SMARTS) is 1. The lowest BCUT2D eigenvalue weighted by Gasteiger charge is -2.35. The zero-order chi connectivity index (χ0) is 19.7. The maximum Gasteiger partial charge on any atom is 0.326 e. The molecule has 3 heterocycles. The Balaban J connectivity index is 1.55. The number of hydrogen-bond donors (Lipinski definition) is 1. The molecule has 1 fully saturated rings. The minimum Gasteiger partial charge on any atom is -0.480 e. The van der Waals surface area contributed by atoms with Crippen molar-refractivity contribution in [3.8, 4) is 16.3 Å². The van der Waals surface area contributed by atoms with Crippen molar-refractivity contribution in [2.24, 2.45) is 5.92 Å². The average molecular weight is 396 g/mol. The Morgan fingerprint density at radius 2 is 2.04 bits per heavy atom. The second-order valence-corrected chi connectivity index (χ2v) is 7.89. The summed E-state index contributed by atoms with van der Waals surface area (Å²) in [5, 5.41) is 16.2. The molecule has 0 bridgehead atoms. The van der Waals surface area contributed by atoms with E-state index >= 15 is 0 Å². The molecule has 4 rings (SSSR count). The number of carbonyl (C=O) groups excluding carboxylic acids is 1. The molecule has 0 aliphatic carbocycles. The number of piperidine rings is 1. The lowest BCUT2D eigenvalue weighted by atomic mass is 9.92. The van der Waals surface area contributed by atoms with Gasteiger partial charge in [0.2, 0.25) is 0 Å². The fraction of sp³-hybridized carbons (Fsp3) is 0.300. The molecule has 1 aliphatic heterocycles. The number of hydrogen-bond acceptors (Lipinski definition) is 5. The van der Waals surface area contributed by atoms with Crippen LogP contribution in [0.5, 0.6) is 0 Å². The van der Waals surface area contributed by atoms with Crippen LogP contribution in [0.3, 0.4) is 0 Å². The Morgan fingerprint density at radius 1 is 1.25 bits per heavy atom. The second kappa shape index (κ2) is 7.55. The van der Waals surface area contributed by atoms with Crippen molar-refractivity contribution in [3.63, 3.8) is 0 Å². The largest absolute Gasteiger partial charge is 0.480 e. The molecule has 1 aromatic carbocycles. The zero-order valence-corrected chi connectivity index (χ0v) is 16.2. The van der Waals surface area contributed by atoms with Crippen LogP contribution in [0.1, 0.15) is 30.3 Å². The van der Waals surface area contributed by atoms with Crippen LogP contribution in [0.2, 0.25) is 0 Å².